The molecular weight excluding hydrogens is 414 g/mol. The fraction of sp³-hybridized carbons (Fsp3) is 0.0833. The van der Waals surface area contributed by atoms with Gasteiger partial charge in [0, 0.05) is 18.2 Å². The summed E-state index contributed by atoms with van der Waals surface area (Å²) in [6.45, 7) is 0. The van der Waals surface area contributed by atoms with Gasteiger partial charge in [0.05, 0.1) is 29.1 Å². The number of rotatable bonds is 5. The van der Waals surface area contributed by atoms with Gasteiger partial charge in [0.2, 0.25) is 0 Å². The lowest BCUT2D eigenvalue weighted by Crippen LogP contribution is -2.17. The first-order valence-corrected chi connectivity index (χ1v) is 10.1. The lowest BCUT2D eigenvalue weighted by molar-refractivity contribution is 0.476. The molecule has 2 aliphatic heterocycles. The van der Waals surface area contributed by atoms with E-state index in [9.17, 15) is 9.90 Å². The number of nitrogens with one attached hydrogen (secondary N) is 1. The van der Waals surface area contributed by atoms with E-state index in [2.05, 4.69) is 9.97 Å². The second kappa shape index (κ2) is 7.81. The number of aromatic hydroxyl groups is 1. The van der Waals surface area contributed by atoms with Crippen molar-refractivity contribution in [3.05, 3.63) is 111 Å². The maximum absolute atomic E-state index is 13.1. The summed E-state index contributed by atoms with van der Waals surface area (Å²) in [6.07, 6.45) is 4.16. The van der Waals surface area contributed by atoms with Crippen LogP contribution in [0.25, 0.3) is 17.1 Å². The molecule has 7 heteroatoms. The average molecular weight is 432 g/mol. The van der Waals surface area contributed by atoms with Crippen molar-refractivity contribution < 1.29 is 9.52 Å². The van der Waals surface area contributed by atoms with Crippen molar-refractivity contribution in [3.63, 3.8) is 0 Å². The molecule has 2 aliphatic rings. The van der Waals surface area contributed by atoms with Crippen molar-refractivity contribution in [1.29, 1.82) is 0 Å². The first-order valence-electron chi connectivity index (χ1n) is 9.77. The van der Waals surface area contributed by atoms with Crippen molar-refractivity contribution in [2.24, 2.45) is 0 Å². The lowest BCUT2D eigenvalue weighted by Gasteiger charge is -2.13. The molecule has 6 nitrogen and oxygen atoms in total. The van der Waals surface area contributed by atoms with Crippen LogP contribution >= 0.6 is 11.6 Å². The highest BCUT2D eigenvalue weighted by molar-refractivity contribution is 6.32. The summed E-state index contributed by atoms with van der Waals surface area (Å²) < 4.78 is 6.95. The van der Waals surface area contributed by atoms with Crippen molar-refractivity contribution in [2.75, 3.05) is 0 Å². The minimum atomic E-state index is -0.200. The number of halogens is 1. The van der Waals surface area contributed by atoms with Crippen LogP contribution in [-0.2, 0) is 12.8 Å². The number of aromatic amines is 1. The van der Waals surface area contributed by atoms with Crippen LogP contribution < -0.4 is 5.56 Å². The van der Waals surface area contributed by atoms with Crippen molar-refractivity contribution in [2.45, 2.75) is 12.8 Å². The maximum atomic E-state index is 13.1. The Bertz CT molecular complexity index is 1370. The molecule has 2 N–H and O–H groups in total. The standard InChI is InChI=1S/C24H18ClN3O3/c25-18-9-8-16(12-22(18)29)21-14-28-23(19(26-21)11-15-5-2-1-3-6-15)27-20(24(28)30)13-17-7-4-10-31-17/h1-10,12,14,26,29H,11,13H2. The molecule has 0 saturated carbocycles. The molecule has 0 radical (unpaired) electrons. The number of aromatic nitrogens is 3. The van der Waals surface area contributed by atoms with E-state index < -0.39 is 0 Å². The summed E-state index contributed by atoms with van der Waals surface area (Å²) in [5, 5.41) is 10.3. The van der Waals surface area contributed by atoms with E-state index in [-0.39, 0.29) is 16.3 Å². The molecule has 0 aliphatic carbocycles. The molecule has 1 aromatic heterocycles. The number of hydrogen-bond donors (Lipinski definition) is 2. The lowest BCUT2D eigenvalue weighted by atomic mass is 10.1. The molecule has 0 fully saturated rings. The van der Waals surface area contributed by atoms with Crippen molar-refractivity contribution in [1.82, 2.24) is 14.5 Å². The molecule has 154 valence electrons. The molecular formula is C24H18ClN3O3. The van der Waals surface area contributed by atoms with Gasteiger partial charge in [-0.15, -0.1) is 0 Å². The van der Waals surface area contributed by atoms with Crippen molar-refractivity contribution >= 4 is 11.6 Å². The Labute approximate surface area is 182 Å². The number of H-pyrrole nitrogens is 1. The third kappa shape index (κ3) is 3.73. The van der Waals surface area contributed by atoms with Crippen LogP contribution in [0.15, 0.2) is 82.3 Å². The minimum Gasteiger partial charge on any atom is -0.506 e. The van der Waals surface area contributed by atoms with E-state index in [1.54, 1.807) is 41.3 Å². The van der Waals surface area contributed by atoms with Crippen LogP contribution in [0.2, 0.25) is 5.02 Å². The number of nitrogens with zero attached hydrogens (tertiary/aromatic N) is 2. The summed E-state index contributed by atoms with van der Waals surface area (Å²) in [4.78, 5) is 21.2. The largest absolute Gasteiger partial charge is 0.506 e. The van der Waals surface area contributed by atoms with Gasteiger partial charge < -0.3 is 14.5 Å². The summed E-state index contributed by atoms with van der Waals surface area (Å²) in [6, 6.07) is 18.5. The Morgan fingerprint density at radius 2 is 1.90 bits per heavy atom. The highest BCUT2D eigenvalue weighted by Crippen LogP contribution is 2.30. The van der Waals surface area contributed by atoms with Crippen LogP contribution in [-0.4, -0.2) is 19.6 Å². The van der Waals surface area contributed by atoms with Crippen LogP contribution in [0.4, 0.5) is 0 Å². The predicted octanol–water partition coefficient (Wildman–Crippen LogP) is 4.80. The van der Waals surface area contributed by atoms with Crippen LogP contribution in [0.3, 0.4) is 0 Å². The number of benzene rings is 2. The second-order valence-corrected chi connectivity index (χ2v) is 7.70. The van der Waals surface area contributed by atoms with Gasteiger partial charge in [0.15, 0.2) is 5.82 Å². The van der Waals surface area contributed by atoms with Gasteiger partial charge in [0.25, 0.3) is 5.56 Å². The summed E-state index contributed by atoms with van der Waals surface area (Å²) in [5.41, 5.74) is 3.46. The number of imidazole rings is 1. The fourth-order valence-corrected chi connectivity index (χ4v) is 3.74. The normalized spacial score (nSPS) is 11.3. The highest BCUT2D eigenvalue weighted by Gasteiger charge is 2.21. The molecule has 0 spiro atoms. The zero-order valence-corrected chi connectivity index (χ0v) is 17.1. The number of fused-ring (bicyclic) bond motifs is 1. The van der Waals surface area contributed by atoms with Crippen LogP contribution in [0.1, 0.15) is 22.7 Å². The number of phenolic OH excluding ortho intramolecular Hbond substituents is 1. The Hall–Kier alpha value is -3.77. The molecule has 0 saturated heterocycles. The first-order chi connectivity index (χ1) is 15.1. The average Bonchev–Trinajstić information content (AvgIpc) is 3.40. The third-order valence-corrected chi connectivity index (χ3v) is 5.47. The Balaban J connectivity index is 1.67. The molecule has 3 heterocycles. The quantitative estimate of drug-likeness (QED) is 0.418. The minimum absolute atomic E-state index is 0.0243. The van der Waals surface area contributed by atoms with E-state index in [0.29, 0.717) is 41.4 Å². The van der Waals surface area contributed by atoms with E-state index in [1.807, 2.05) is 36.4 Å². The predicted molar refractivity (Wildman–Crippen MR) is 118 cm³/mol. The van der Waals surface area contributed by atoms with Gasteiger partial charge in [-0.1, -0.05) is 48.0 Å². The molecule has 0 bridgehead atoms. The van der Waals surface area contributed by atoms with E-state index in [4.69, 9.17) is 16.0 Å². The summed E-state index contributed by atoms with van der Waals surface area (Å²) in [7, 11) is 0. The fourth-order valence-electron chi connectivity index (χ4n) is 3.62. The van der Waals surface area contributed by atoms with E-state index in [1.165, 1.54) is 0 Å². The van der Waals surface area contributed by atoms with Gasteiger partial charge in [-0.25, -0.2) is 4.98 Å². The molecule has 0 amide bonds. The van der Waals surface area contributed by atoms with E-state index >= 15 is 0 Å². The first kappa shape index (κ1) is 19.2. The maximum Gasteiger partial charge on any atom is 0.278 e. The number of furan rings is 1. The van der Waals surface area contributed by atoms with Gasteiger partial charge in [-0.3, -0.25) is 9.36 Å². The van der Waals surface area contributed by atoms with Gasteiger partial charge in [-0.05, 0) is 29.8 Å². The van der Waals surface area contributed by atoms with Crippen LogP contribution in [0.5, 0.6) is 5.75 Å². The number of hydrogen-bond acceptors (Lipinski definition) is 4. The molecule has 3 aromatic rings. The van der Waals surface area contributed by atoms with Gasteiger partial charge in [0.1, 0.15) is 17.2 Å². The topological polar surface area (TPSA) is 84.1 Å². The Morgan fingerprint density at radius 3 is 2.65 bits per heavy atom. The van der Waals surface area contributed by atoms with E-state index in [0.717, 1.165) is 11.3 Å². The Morgan fingerprint density at radius 1 is 1.06 bits per heavy atom. The zero-order chi connectivity index (χ0) is 21.4. The van der Waals surface area contributed by atoms with Crippen molar-refractivity contribution in [3.8, 4) is 22.8 Å². The highest BCUT2D eigenvalue weighted by atomic mass is 35.5. The summed E-state index contributed by atoms with van der Waals surface area (Å²) >= 11 is 5.96. The summed E-state index contributed by atoms with van der Waals surface area (Å²) in [5.74, 6) is 1.22. The SMILES string of the molecule is O=c1c(Cc2ccco2)nc2c(Cc3ccccc3)[nH]c(-c3ccc(Cl)c(O)c3)cn1-2. The third-order valence-electron chi connectivity index (χ3n) is 5.15. The molecule has 2 aromatic carbocycles. The van der Waals surface area contributed by atoms with Gasteiger partial charge >= 0.3 is 0 Å². The number of phenols is 1. The monoisotopic (exact) mass is 431 g/mol. The molecule has 0 atom stereocenters. The van der Waals surface area contributed by atoms with Crippen LogP contribution in [0, 0.1) is 0 Å². The molecule has 5 rings (SSSR count). The molecule has 31 heavy (non-hydrogen) atoms. The molecule has 0 unspecified atom stereocenters. The smallest absolute Gasteiger partial charge is 0.278 e. The Kier molecular flexibility index (Phi) is 4.84. The van der Waals surface area contributed by atoms with Gasteiger partial charge in [-0.2, -0.15) is 0 Å². The second-order valence-electron chi connectivity index (χ2n) is 7.29. The zero-order valence-electron chi connectivity index (χ0n) is 16.4.